The molecule has 1 unspecified atom stereocenters. The molecule has 1 aromatic heterocycles. The highest BCUT2D eigenvalue weighted by Crippen LogP contribution is 2.18. The fourth-order valence-corrected chi connectivity index (χ4v) is 2.93. The molecule has 0 saturated heterocycles. The number of benzene rings is 1. The first kappa shape index (κ1) is 22.6. The largest absolute Gasteiger partial charge is 0.489 e. The standard InChI is InChI=1S/C18H25FN4OS.HI/c1-12(2)17-23-15(11-25-17)10-22-18(20-4)21-9-13(3)24-16-7-5-14(19)6-8-16;/h5-8,11-13H,9-10H2,1-4H3,(H2,20,21,22);1H. The molecule has 0 amide bonds. The Kier molecular flexibility index (Phi) is 9.85. The molecular formula is C18H26FIN4OS. The Hall–Kier alpha value is -1.42. The minimum atomic E-state index is -0.273. The minimum Gasteiger partial charge on any atom is -0.489 e. The van der Waals surface area contributed by atoms with Gasteiger partial charge < -0.3 is 15.4 Å². The Morgan fingerprint density at radius 3 is 2.50 bits per heavy atom. The molecule has 1 atom stereocenters. The van der Waals surface area contributed by atoms with Crippen molar-refractivity contribution < 1.29 is 9.13 Å². The summed E-state index contributed by atoms with van der Waals surface area (Å²) < 4.78 is 18.6. The van der Waals surface area contributed by atoms with Crippen molar-refractivity contribution in [2.75, 3.05) is 13.6 Å². The number of nitrogens with zero attached hydrogens (tertiary/aromatic N) is 2. The number of aliphatic imine (C=N–C) groups is 1. The van der Waals surface area contributed by atoms with Crippen molar-refractivity contribution in [2.24, 2.45) is 4.99 Å². The third kappa shape index (κ3) is 7.45. The van der Waals surface area contributed by atoms with Crippen molar-refractivity contribution in [1.82, 2.24) is 15.6 Å². The van der Waals surface area contributed by atoms with Gasteiger partial charge in [-0.15, -0.1) is 35.3 Å². The Bertz CT molecular complexity index is 691. The van der Waals surface area contributed by atoms with Gasteiger partial charge in [-0.1, -0.05) is 13.8 Å². The first-order valence-corrected chi connectivity index (χ1v) is 9.17. The molecule has 2 rings (SSSR count). The van der Waals surface area contributed by atoms with Gasteiger partial charge in [0.1, 0.15) is 17.7 Å². The molecule has 144 valence electrons. The SMILES string of the molecule is CN=C(NCc1csc(C(C)C)n1)NCC(C)Oc1ccc(F)cc1.I. The van der Waals surface area contributed by atoms with E-state index >= 15 is 0 Å². The molecule has 0 saturated carbocycles. The Morgan fingerprint density at radius 2 is 1.92 bits per heavy atom. The molecule has 0 aliphatic carbocycles. The first-order chi connectivity index (χ1) is 12.0. The van der Waals surface area contributed by atoms with E-state index in [2.05, 4.69) is 39.8 Å². The van der Waals surface area contributed by atoms with Crippen LogP contribution in [0.2, 0.25) is 0 Å². The van der Waals surface area contributed by atoms with Crippen molar-refractivity contribution in [2.45, 2.75) is 39.3 Å². The first-order valence-electron chi connectivity index (χ1n) is 8.29. The molecule has 0 aliphatic rings. The number of nitrogens with one attached hydrogen (secondary N) is 2. The summed E-state index contributed by atoms with van der Waals surface area (Å²) in [5.41, 5.74) is 1.01. The van der Waals surface area contributed by atoms with E-state index in [4.69, 9.17) is 4.74 Å². The maximum Gasteiger partial charge on any atom is 0.191 e. The van der Waals surface area contributed by atoms with Gasteiger partial charge in [0.05, 0.1) is 23.8 Å². The predicted octanol–water partition coefficient (Wildman–Crippen LogP) is 4.16. The summed E-state index contributed by atoms with van der Waals surface area (Å²) in [7, 11) is 1.72. The van der Waals surface area contributed by atoms with Crippen LogP contribution in [0.3, 0.4) is 0 Å². The van der Waals surface area contributed by atoms with Crippen LogP contribution in [0, 0.1) is 5.82 Å². The molecule has 2 N–H and O–H groups in total. The Labute approximate surface area is 175 Å². The molecule has 1 heterocycles. The summed E-state index contributed by atoms with van der Waals surface area (Å²) in [6.45, 7) is 7.42. The van der Waals surface area contributed by atoms with Crippen molar-refractivity contribution >= 4 is 41.3 Å². The average molecular weight is 492 g/mol. The van der Waals surface area contributed by atoms with Crippen LogP contribution in [0.1, 0.15) is 37.4 Å². The number of halogens is 2. The third-order valence-electron chi connectivity index (χ3n) is 3.43. The van der Waals surface area contributed by atoms with E-state index in [1.165, 1.54) is 12.1 Å². The maximum absolute atomic E-state index is 12.9. The van der Waals surface area contributed by atoms with Crippen LogP contribution in [0.25, 0.3) is 0 Å². The molecule has 8 heteroatoms. The molecule has 0 radical (unpaired) electrons. The molecule has 1 aromatic carbocycles. The van der Waals surface area contributed by atoms with Gasteiger partial charge in [-0.2, -0.15) is 0 Å². The lowest BCUT2D eigenvalue weighted by Gasteiger charge is -2.17. The van der Waals surface area contributed by atoms with Gasteiger partial charge >= 0.3 is 0 Å². The van der Waals surface area contributed by atoms with Crippen LogP contribution in [0.4, 0.5) is 4.39 Å². The van der Waals surface area contributed by atoms with E-state index in [1.54, 1.807) is 30.5 Å². The van der Waals surface area contributed by atoms with Crippen molar-refractivity contribution in [3.63, 3.8) is 0 Å². The van der Waals surface area contributed by atoms with Crippen LogP contribution in [-0.4, -0.2) is 30.6 Å². The summed E-state index contributed by atoms with van der Waals surface area (Å²) in [6, 6.07) is 6.01. The van der Waals surface area contributed by atoms with E-state index in [1.807, 2.05) is 6.92 Å². The quantitative estimate of drug-likeness (QED) is 0.347. The summed E-state index contributed by atoms with van der Waals surface area (Å²) in [5, 5.41) is 9.66. The molecular weight excluding hydrogens is 466 g/mol. The van der Waals surface area contributed by atoms with Crippen molar-refractivity contribution in [3.05, 3.63) is 46.2 Å². The van der Waals surface area contributed by atoms with Gasteiger partial charge in [-0.3, -0.25) is 4.99 Å². The predicted molar refractivity (Wildman–Crippen MR) is 116 cm³/mol. The fraction of sp³-hybridized carbons (Fsp3) is 0.444. The van der Waals surface area contributed by atoms with Crippen molar-refractivity contribution in [1.29, 1.82) is 0 Å². The van der Waals surface area contributed by atoms with Crippen LogP contribution in [0.15, 0.2) is 34.6 Å². The summed E-state index contributed by atoms with van der Waals surface area (Å²) in [5.74, 6) is 1.50. The van der Waals surface area contributed by atoms with Gasteiger partial charge in [0, 0.05) is 18.3 Å². The van der Waals surface area contributed by atoms with Crippen LogP contribution < -0.4 is 15.4 Å². The average Bonchev–Trinajstić information content (AvgIpc) is 3.06. The smallest absolute Gasteiger partial charge is 0.191 e. The molecule has 26 heavy (non-hydrogen) atoms. The fourth-order valence-electron chi connectivity index (χ4n) is 2.09. The molecule has 5 nitrogen and oxygen atoms in total. The number of hydrogen-bond acceptors (Lipinski definition) is 4. The van der Waals surface area contributed by atoms with E-state index < -0.39 is 0 Å². The maximum atomic E-state index is 12.9. The van der Waals surface area contributed by atoms with Crippen LogP contribution in [-0.2, 0) is 6.54 Å². The second-order valence-electron chi connectivity index (χ2n) is 6.02. The van der Waals surface area contributed by atoms with E-state index in [-0.39, 0.29) is 35.9 Å². The number of guanidine groups is 1. The lowest BCUT2D eigenvalue weighted by Crippen LogP contribution is -2.41. The summed E-state index contributed by atoms with van der Waals surface area (Å²) in [6.07, 6.45) is -0.0872. The molecule has 0 fully saturated rings. The van der Waals surface area contributed by atoms with Gasteiger partial charge in [-0.25, -0.2) is 9.37 Å². The highest BCUT2D eigenvalue weighted by molar-refractivity contribution is 14.0. The van der Waals surface area contributed by atoms with Gasteiger partial charge in [0.25, 0.3) is 0 Å². The number of hydrogen-bond donors (Lipinski definition) is 2. The number of ether oxygens (including phenoxy) is 1. The minimum absolute atomic E-state index is 0. The number of thiazole rings is 1. The van der Waals surface area contributed by atoms with E-state index in [0.717, 1.165) is 10.7 Å². The second kappa shape index (κ2) is 11.3. The van der Waals surface area contributed by atoms with Crippen molar-refractivity contribution in [3.8, 4) is 5.75 Å². The zero-order valence-electron chi connectivity index (χ0n) is 15.5. The lowest BCUT2D eigenvalue weighted by molar-refractivity contribution is 0.223. The zero-order chi connectivity index (χ0) is 18.2. The summed E-state index contributed by atoms with van der Waals surface area (Å²) in [4.78, 5) is 8.79. The topological polar surface area (TPSA) is 58.5 Å². The van der Waals surface area contributed by atoms with Crippen LogP contribution >= 0.6 is 35.3 Å². The molecule has 0 spiro atoms. The Morgan fingerprint density at radius 1 is 1.23 bits per heavy atom. The highest BCUT2D eigenvalue weighted by atomic mass is 127. The van der Waals surface area contributed by atoms with E-state index in [0.29, 0.717) is 30.7 Å². The van der Waals surface area contributed by atoms with E-state index in [9.17, 15) is 4.39 Å². The Balaban J connectivity index is 0.00000338. The monoisotopic (exact) mass is 492 g/mol. The highest BCUT2D eigenvalue weighted by Gasteiger charge is 2.08. The molecule has 2 aromatic rings. The van der Waals surface area contributed by atoms with Gasteiger partial charge in [0.2, 0.25) is 0 Å². The second-order valence-corrected chi connectivity index (χ2v) is 6.91. The number of aromatic nitrogens is 1. The van der Waals surface area contributed by atoms with Gasteiger partial charge in [-0.05, 0) is 31.2 Å². The zero-order valence-corrected chi connectivity index (χ0v) is 18.6. The van der Waals surface area contributed by atoms with Gasteiger partial charge in [0.15, 0.2) is 5.96 Å². The van der Waals surface area contributed by atoms with Crippen LogP contribution in [0.5, 0.6) is 5.75 Å². The number of rotatable bonds is 7. The molecule has 0 bridgehead atoms. The molecule has 0 aliphatic heterocycles. The normalized spacial score (nSPS) is 12.5. The lowest BCUT2D eigenvalue weighted by atomic mass is 10.2. The third-order valence-corrected chi connectivity index (χ3v) is 4.63. The summed E-state index contributed by atoms with van der Waals surface area (Å²) >= 11 is 1.68.